The van der Waals surface area contributed by atoms with Gasteiger partial charge in [0.15, 0.2) is 5.96 Å². The molecule has 2 N–H and O–H groups in total. The molecule has 2 fully saturated rings. The summed E-state index contributed by atoms with van der Waals surface area (Å²) >= 11 is 0. The van der Waals surface area contributed by atoms with Gasteiger partial charge in [-0.3, -0.25) is 4.99 Å². The molecule has 1 amide bonds. The van der Waals surface area contributed by atoms with Crippen LogP contribution in [0.4, 0.5) is 4.79 Å². The zero-order valence-electron chi connectivity index (χ0n) is 17.2. The standard InChI is InChI=1S/C19H37N5O2/c1-19(2,3)26-18(25)22-16-9-13-24(14-16)17(20-4)21-10-6-15-7-11-23(5)12-8-15/h15-16H,6-14H2,1-5H3,(H,20,21)(H,22,25). The second kappa shape index (κ2) is 9.44. The molecule has 1 atom stereocenters. The number of likely N-dealkylation sites (tertiary alicyclic amines) is 2. The van der Waals surface area contributed by atoms with Crippen molar-refractivity contribution in [3.63, 3.8) is 0 Å². The van der Waals surface area contributed by atoms with Crippen molar-refractivity contribution in [3.05, 3.63) is 0 Å². The lowest BCUT2D eigenvalue weighted by atomic mass is 9.94. The van der Waals surface area contributed by atoms with Crippen molar-refractivity contribution in [1.82, 2.24) is 20.4 Å². The average Bonchev–Trinajstić information content (AvgIpc) is 2.99. The quantitative estimate of drug-likeness (QED) is 0.587. The number of piperidine rings is 1. The highest BCUT2D eigenvalue weighted by molar-refractivity contribution is 5.80. The van der Waals surface area contributed by atoms with E-state index < -0.39 is 5.60 Å². The summed E-state index contributed by atoms with van der Waals surface area (Å²) in [7, 11) is 4.03. The largest absolute Gasteiger partial charge is 0.444 e. The van der Waals surface area contributed by atoms with E-state index >= 15 is 0 Å². The van der Waals surface area contributed by atoms with Gasteiger partial charge in [0.1, 0.15) is 5.60 Å². The zero-order valence-corrected chi connectivity index (χ0v) is 17.2. The van der Waals surface area contributed by atoms with Crippen LogP contribution in [-0.4, -0.2) is 80.3 Å². The topological polar surface area (TPSA) is 69.2 Å². The smallest absolute Gasteiger partial charge is 0.407 e. The number of carbonyl (C=O) groups excluding carboxylic acids is 1. The Kier molecular flexibility index (Phi) is 7.55. The molecule has 2 rings (SSSR count). The molecule has 2 aliphatic rings. The Morgan fingerprint density at radius 3 is 2.50 bits per heavy atom. The molecule has 0 aliphatic carbocycles. The maximum Gasteiger partial charge on any atom is 0.407 e. The van der Waals surface area contributed by atoms with Crippen LogP contribution in [0.3, 0.4) is 0 Å². The molecular weight excluding hydrogens is 330 g/mol. The van der Waals surface area contributed by atoms with Gasteiger partial charge in [0.05, 0.1) is 6.04 Å². The lowest BCUT2D eigenvalue weighted by molar-refractivity contribution is 0.0507. The van der Waals surface area contributed by atoms with E-state index in [9.17, 15) is 4.79 Å². The molecule has 0 spiro atoms. The van der Waals surface area contributed by atoms with Crippen molar-refractivity contribution in [3.8, 4) is 0 Å². The van der Waals surface area contributed by atoms with E-state index in [1.54, 1.807) is 0 Å². The molecule has 7 heteroatoms. The minimum atomic E-state index is -0.464. The van der Waals surface area contributed by atoms with Crippen molar-refractivity contribution in [2.45, 2.75) is 58.1 Å². The molecular formula is C19H37N5O2. The van der Waals surface area contributed by atoms with Crippen LogP contribution in [-0.2, 0) is 4.74 Å². The van der Waals surface area contributed by atoms with Crippen LogP contribution in [0.15, 0.2) is 4.99 Å². The van der Waals surface area contributed by atoms with Gasteiger partial charge in [-0.1, -0.05) is 0 Å². The van der Waals surface area contributed by atoms with Gasteiger partial charge in [-0.05, 0) is 72.5 Å². The van der Waals surface area contributed by atoms with Crippen molar-refractivity contribution < 1.29 is 9.53 Å². The number of nitrogens with zero attached hydrogens (tertiary/aromatic N) is 3. The zero-order chi connectivity index (χ0) is 19.2. The van der Waals surface area contributed by atoms with Gasteiger partial charge in [-0.2, -0.15) is 0 Å². The SMILES string of the molecule is CN=C(NCCC1CCN(C)CC1)N1CCC(NC(=O)OC(C)(C)C)C1. The number of ether oxygens (including phenoxy) is 1. The predicted octanol–water partition coefficient (Wildman–Crippen LogP) is 1.89. The summed E-state index contributed by atoms with van der Waals surface area (Å²) in [6.45, 7) is 10.7. The Labute approximate surface area is 158 Å². The van der Waals surface area contributed by atoms with Gasteiger partial charge in [0, 0.05) is 26.7 Å². The summed E-state index contributed by atoms with van der Waals surface area (Å²) in [5.74, 6) is 1.75. The molecule has 0 aromatic heterocycles. The fourth-order valence-corrected chi connectivity index (χ4v) is 3.62. The second-order valence-electron chi connectivity index (χ2n) is 8.59. The van der Waals surface area contributed by atoms with E-state index in [4.69, 9.17) is 4.74 Å². The Balaban J connectivity index is 1.69. The highest BCUT2D eigenvalue weighted by Crippen LogP contribution is 2.19. The van der Waals surface area contributed by atoms with Gasteiger partial charge in [-0.25, -0.2) is 4.79 Å². The fraction of sp³-hybridized carbons (Fsp3) is 0.895. The summed E-state index contributed by atoms with van der Waals surface area (Å²) in [5.41, 5.74) is -0.464. The molecule has 0 saturated carbocycles. The third-order valence-electron chi connectivity index (χ3n) is 5.09. The maximum atomic E-state index is 11.9. The highest BCUT2D eigenvalue weighted by Gasteiger charge is 2.28. The molecule has 1 unspecified atom stereocenters. The third-order valence-corrected chi connectivity index (χ3v) is 5.09. The number of nitrogens with one attached hydrogen (secondary N) is 2. The number of hydrogen-bond donors (Lipinski definition) is 2. The maximum absolute atomic E-state index is 11.9. The number of alkyl carbamates (subject to hydrolysis) is 1. The van der Waals surface area contributed by atoms with E-state index in [1.807, 2.05) is 27.8 Å². The van der Waals surface area contributed by atoms with Crippen molar-refractivity contribution in [2.75, 3.05) is 46.8 Å². The molecule has 150 valence electrons. The molecule has 0 aromatic carbocycles. The minimum absolute atomic E-state index is 0.109. The van der Waals surface area contributed by atoms with Crippen LogP contribution < -0.4 is 10.6 Å². The first kappa shape index (κ1) is 20.8. The molecule has 26 heavy (non-hydrogen) atoms. The Hall–Kier alpha value is -1.50. The summed E-state index contributed by atoms with van der Waals surface area (Å²) in [5, 5.41) is 6.47. The molecule has 0 aromatic rings. The molecule has 2 saturated heterocycles. The van der Waals surface area contributed by atoms with E-state index in [2.05, 4.69) is 32.5 Å². The van der Waals surface area contributed by atoms with Gasteiger partial charge in [0.2, 0.25) is 0 Å². The summed E-state index contributed by atoms with van der Waals surface area (Å²) in [6.07, 6.45) is 4.36. The van der Waals surface area contributed by atoms with Crippen molar-refractivity contribution >= 4 is 12.1 Å². The molecule has 0 bridgehead atoms. The van der Waals surface area contributed by atoms with E-state index in [-0.39, 0.29) is 12.1 Å². The number of aliphatic imine (C=N–C) groups is 1. The van der Waals surface area contributed by atoms with Crippen molar-refractivity contribution in [1.29, 1.82) is 0 Å². The predicted molar refractivity (Wildman–Crippen MR) is 106 cm³/mol. The number of carbonyl (C=O) groups is 1. The second-order valence-corrected chi connectivity index (χ2v) is 8.59. The Bertz CT molecular complexity index is 481. The monoisotopic (exact) mass is 367 g/mol. The first-order chi connectivity index (χ1) is 12.3. The van der Waals surface area contributed by atoms with Gasteiger partial charge < -0.3 is 25.2 Å². The lowest BCUT2D eigenvalue weighted by Crippen LogP contribution is -2.44. The van der Waals surface area contributed by atoms with E-state index in [0.29, 0.717) is 0 Å². The van der Waals surface area contributed by atoms with Crippen LogP contribution in [0, 0.1) is 5.92 Å². The molecule has 2 aliphatic heterocycles. The molecule has 2 heterocycles. The van der Waals surface area contributed by atoms with Crippen molar-refractivity contribution in [2.24, 2.45) is 10.9 Å². The third kappa shape index (κ3) is 7.02. The van der Waals surface area contributed by atoms with Gasteiger partial charge in [-0.15, -0.1) is 0 Å². The van der Waals surface area contributed by atoms with Crippen LogP contribution in [0.25, 0.3) is 0 Å². The Morgan fingerprint density at radius 2 is 1.88 bits per heavy atom. The first-order valence-corrected chi connectivity index (χ1v) is 9.90. The summed E-state index contributed by atoms with van der Waals surface area (Å²) < 4.78 is 5.34. The van der Waals surface area contributed by atoms with Crippen LogP contribution >= 0.6 is 0 Å². The van der Waals surface area contributed by atoms with Crippen LogP contribution in [0.5, 0.6) is 0 Å². The lowest BCUT2D eigenvalue weighted by Gasteiger charge is -2.29. The van der Waals surface area contributed by atoms with E-state index in [1.165, 1.54) is 32.4 Å². The normalized spacial score (nSPS) is 23.2. The first-order valence-electron chi connectivity index (χ1n) is 9.90. The minimum Gasteiger partial charge on any atom is -0.444 e. The van der Waals surface area contributed by atoms with E-state index in [0.717, 1.165) is 37.9 Å². The Morgan fingerprint density at radius 1 is 1.19 bits per heavy atom. The van der Waals surface area contributed by atoms with Gasteiger partial charge >= 0.3 is 6.09 Å². The number of amides is 1. The average molecular weight is 368 g/mol. The number of rotatable bonds is 4. The molecule has 7 nitrogen and oxygen atoms in total. The van der Waals surface area contributed by atoms with Crippen LogP contribution in [0.1, 0.15) is 46.5 Å². The molecule has 0 radical (unpaired) electrons. The highest BCUT2D eigenvalue weighted by atomic mass is 16.6. The van der Waals surface area contributed by atoms with Gasteiger partial charge in [0.25, 0.3) is 0 Å². The summed E-state index contributed by atoms with van der Waals surface area (Å²) in [4.78, 5) is 21.0. The fourth-order valence-electron chi connectivity index (χ4n) is 3.62. The number of guanidine groups is 1. The number of hydrogen-bond acceptors (Lipinski definition) is 4. The summed E-state index contributed by atoms with van der Waals surface area (Å²) in [6, 6.07) is 0.109. The van der Waals surface area contributed by atoms with Crippen LogP contribution in [0.2, 0.25) is 0 Å².